The SMILES string of the molecule is COc1ccc2c(OCC(C)O)c3ccccc3c(OCC(C)O)c2c1. The highest BCUT2D eigenvalue weighted by Gasteiger charge is 2.17. The monoisotopic (exact) mass is 356 g/mol. The highest BCUT2D eigenvalue weighted by Crippen LogP contribution is 2.44. The van der Waals surface area contributed by atoms with E-state index in [1.807, 2.05) is 42.5 Å². The van der Waals surface area contributed by atoms with Gasteiger partial charge < -0.3 is 24.4 Å². The zero-order chi connectivity index (χ0) is 18.7. The normalized spacial score (nSPS) is 13.6. The van der Waals surface area contributed by atoms with Crippen molar-refractivity contribution in [2.24, 2.45) is 0 Å². The third kappa shape index (κ3) is 3.69. The molecule has 5 heteroatoms. The molecular weight excluding hydrogens is 332 g/mol. The van der Waals surface area contributed by atoms with E-state index in [0.717, 1.165) is 21.5 Å². The minimum Gasteiger partial charge on any atom is -0.497 e. The predicted molar refractivity (Wildman–Crippen MR) is 102 cm³/mol. The molecule has 0 heterocycles. The fourth-order valence-corrected chi connectivity index (χ4v) is 2.92. The number of hydrogen-bond donors (Lipinski definition) is 2. The highest BCUT2D eigenvalue weighted by atomic mass is 16.5. The lowest BCUT2D eigenvalue weighted by Gasteiger charge is -2.19. The van der Waals surface area contributed by atoms with Gasteiger partial charge in [-0.3, -0.25) is 0 Å². The quantitative estimate of drug-likeness (QED) is 0.634. The largest absolute Gasteiger partial charge is 0.497 e. The number of aliphatic hydroxyl groups is 2. The van der Waals surface area contributed by atoms with Gasteiger partial charge in [-0.2, -0.15) is 0 Å². The van der Waals surface area contributed by atoms with Gasteiger partial charge in [0, 0.05) is 21.5 Å². The van der Waals surface area contributed by atoms with Crippen molar-refractivity contribution in [2.45, 2.75) is 26.1 Å². The van der Waals surface area contributed by atoms with E-state index in [-0.39, 0.29) is 13.2 Å². The maximum atomic E-state index is 9.66. The summed E-state index contributed by atoms with van der Waals surface area (Å²) >= 11 is 0. The van der Waals surface area contributed by atoms with Gasteiger partial charge in [0.25, 0.3) is 0 Å². The molecule has 0 saturated carbocycles. The lowest BCUT2D eigenvalue weighted by Crippen LogP contribution is -2.14. The van der Waals surface area contributed by atoms with Crippen LogP contribution in [0.5, 0.6) is 17.2 Å². The van der Waals surface area contributed by atoms with Crippen LogP contribution in [0.15, 0.2) is 42.5 Å². The van der Waals surface area contributed by atoms with Gasteiger partial charge in [-0.15, -0.1) is 0 Å². The van der Waals surface area contributed by atoms with E-state index in [9.17, 15) is 10.2 Å². The Kier molecular flexibility index (Phi) is 5.49. The number of fused-ring (bicyclic) bond motifs is 2. The number of aliphatic hydroxyl groups excluding tert-OH is 2. The standard InChI is InChI=1S/C21H24O5/c1-13(22)11-25-20-16-6-4-5-7-17(16)21(26-12-14(2)23)19-10-15(24-3)8-9-18(19)20/h4-10,13-14,22-23H,11-12H2,1-3H3. The van der Waals surface area contributed by atoms with Gasteiger partial charge in [0.2, 0.25) is 0 Å². The molecule has 138 valence electrons. The van der Waals surface area contributed by atoms with Crippen LogP contribution in [0.1, 0.15) is 13.8 Å². The smallest absolute Gasteiger partial charge is 0.135 e. The Bertz CT molecular complexity index is 902. The van der Waals surface area contributed by atoms with Gasteiger partial charge in [0.1, 0.15) is 30.5 Å². The summed E-state index contributed by atoms with van der Waals surface area (Å²) in [6.45, 7) is 3.75. The lowest BCUT2D eigenvalue weighted by molar-refractivity contribution is 0.123. The molecule has 0 spiro atoms. The Balaban J connectivity index is 2.29. The van der Waals surface area contributed by atoms with Crippen LogP contribution < -0.4 is 14.2 Å². The highest BCUT2D eigenvalue weighted by molar-refractivity contribution is 6.11. The van der Waals surface area contributed by atoms with Crippen molar-refractivity contribution in [3.05, 3.63) is 42.5 Å². The van der Waals surface area contributed by atoms with E-state index in [0.29, 0.717) is 17.2 Å². The summed E-state index contributed by atoms with van der Waals surface area (Å²) in [6, 6.07) is 13.5. The zero-order valence-corrected chi connectivity index (χ0v) is 15.2. The van der Waals surface area contributed by atoms with E-state index >= 15 is 0 Å². The van der Waals surface area contributed by atoms with Crippen molar-refractivity contribution < 1.29 is 24.4 Å². The number of methoxy groups -OCH3 is 1. The first-order chi connectivity index (χ1) is 12.5. The summed E-state index contributed by atoms with van der Waals surface area (Å²) in [4.78, 5) is 0. The molecule has 2 atom stereocenters. The van der Waals surface area contributed by atoms with E-state index < -0.39 is 12.2 Å². The fraction of sp³-hybridized carbons (Fsp3) is 0.333. The summed E-state index contributed by atoms with van der Waals surface area (Å²) in [5.74, 6) is 2.08. The predicted octanol–water partition coefficient (Wildman–Crippen LogP) is 3.52. The third-order valence-electron chi connectivity index (χ3n) is 4.07. The Morgan fingerprint density at radius 3 is 1.77 bits per heavy atom. The van der Waals surface area contributed by atoms with Gasteiger partial charge in [-0.1, -0.05) is 24.3 Å². The van der Waals surface area contributed by atoms with Crippen LogP contribution in [0.25, 0.3) is 21.5 Å². The molecule has 5 nitrogen and oxygen atoms in total. The minimum absolute atomic E-state index is 0.185. The fourth-order valence-electron chi connectivity index (χ4n) is 2.92. The maximum Gasteiger partial charge on any atom is 0.135 e. The molecule has 0 bridgehead atoms. The van der Waals surface area contributed by atoms with Gasteiger partial charge in [-0.25, -0.2) is 0 Å². The van der Waals surface area contributed by atoms with E-state index in [4.69, 9.17) is 14.2 Å². The summed E-state index contributed by atoms with van der Waals surface area (Å²) in [5.41, 5.74) is 0. The van der Waals surface area contributed by atoms with Crippen molar-refractivity contribution in [3.63, 3.8) is 0 Å². The molecule has 3 aromatic carbocycles. The number of ether oxygens (including phenoxy) is 3. The number of benzene rings is 3. The molecule has 0 fully saturated rings. The van der Waals surface area contributed by atoms with Crippen LogP contribution in [0.3, 0.4) is 0 Å². The van der Waals surface area contributed by atoms with Gasteiger partial charge >= 0.3 is 0 Å². The van der Waals surface area contributed by atoms with Crippen LogP contribution in [0, 0.1) is 0 Å². The molecule has 0 aliphatic heterocycles. The summed E-state index contributed by atoms with van der Waals surface area (Å²) in [5, 5.41) is 22.8. The van der Waals surface area contributed by atoms with Gasteiger partial charge in [0.05, 0.1) is 19.3 Å². The summed E-state index contributed by atoms with van der Waals surface area (Å²) < 4.78 is 17.3. The average Bonchev–Trinajstić information content (AvgIpc) is 2.63. The van der Waals surface area contributed by atoms with Crippen molar-refractivity contribution >= 4 is 21.5 Å². The first-order valence-electron chi connectivity index (χ1n) is 8.65. The summed E-state index contributed by atoms with van der Waals surface area (Å²) in [7, 11) is 1.61. The Morgan fingerprint density at radius 1 is 0.769 bits per heavy atom. The van der Waals surface area contributed by atoms with Gasteiger partial charge in [0.15, 0.2) is 0 Å². The molecule has 26 heavy (non-hydrogen) atoms. The second-order valence-electron chi connectivity index (χ2n) is 6.44. The van der Waals surface area contributed by atoms with Crippen molar-refractivity contribution in [2.75, 3.05) is 20.3 Å². The number of rotatable bonds is 7. The molecule has 2 unspecified atom stereocenters. The van der Waals surface area contributed by atoms with E-state index in [2.05, 4.69) is 0 Å². The van der Waals surface area contributed by atoms with Gasteiger partial charge in [-0.05, 0) is 32.0 Å². The Hall–Kier alpha value is -2.50. The zero-order valence-electron chi connectivity index (χ0n) is 15.2. The second-order valence-corrected chi connectivity index (χ2v) is 6.44. The van der Waals surface area contributed by atoms with Crippen molar-refractivity contribution in [3.8, 4) is 17.2 Å². The molecule has 0 amide bonds. The summed E-state index contributed by atoms with van der Waals surface area (Å²) in [6.07, 6.45) is -1.16. The van der Waals surface area contributed by atoms with Crippen LogP contribution in [-0.4, -0.2) is 42.7 Å². The Morgan fingerprint density at radius 2 is 1.27 bits per heavy atom. The first-order valence-corrected chi connectivity index (χ1v) is 8.65. The average molecular weight is 356 g/mol. The number of hydrogen-bond acceptors (Lipinski definition) is 5. The van der Waals surface area contributed by atoms with E-state index in [1.54, 1.807) is 21.0 Å². The van der Waals surface area contributed by atoms with Crippen molar-refractivity contribution in [1.29, 1.82) is 0 Å². The third-order valence-corrected chi connectivity index (χ3v) is 4.07. The van der Waals surface area contributed by atoms with Crippen LogP contribution in [0.2, 0.25) is 0 Å². The molecule has 0 radical (unpaired) electrons. The van der Waals surface area contributed by atoms with Crippen LogP contribution in [-0.2, 0) is 0 Å². The molecule has 2 N–H and O–H groups in total. The lowest BCUT2D eigenvalue weighted by atomic mass is 10.00. The van der Waals surface area contributed by atoms with Crippen LogP contribution in [0.4, 0.5) is 0 Å². The molecule has 0 aliphatic rings. The maximum absolute atomic E-state index is 9.66. The van der Waals surface area contributed by atoms with E-state index in [1.165, 1.54) is 0 Å². The van der Waals surface area contributed by atoms with Crippen molar-refractivity contribution in [1.82, 2.24) is 0 Å². The molecule has 0 aromatic heterocycles. The molecule has 0 aliphatic carbocycles. The Labute approximate surface area is 152 Å². The van der Waals surface area contributed by atoms with Crippen LogP contribution >= 0.6 is 0 Å². The molecule has 0 saturated heterocycles. The topological polar surface area (TPSA) is 68.2 Å². The molecule has 3 aromatic rings. The molecule has 3 rings (SSSR count). The second kappa shape index (κ2) is 7.81. The molecular formula is C21H24O5. The minimum atomic E-state index is -0.583. The first kappa shape index (κ1) is 18.3.